The van der Waals surface area contributed by atoms with Crippen LogP contribution in [0.3, 0.4) is 0 Å². The maximum Gasteiger partial charge on any atom is 0.338 e. The zero-order valence-corrected chi connectivity index (χ0v) is 14.2. The Morgan fingerprint density at radius 2 is 1.92 bits per heavy atom. The zero-order valence-electron chi connectivity index (χ0n) is 14.2. The van der Waals surface area contributed by atoms with Crippen LogP contribution in [0.4, 0.5) is 11.5 Å². The van der Waals surface area contributed by atoms with Gasteiger partial charge >= 0.3 is 5.97 Å². The number of hydrogen-bond acceptors (Lipinski definition) is 6. The van der Waals surface area contributed by atoms with Crippen LogP contribution >= 0.6 is 0 Å². The number of esters is 1. The SMILES string of the molecule is CCOC(=O)c1ccc(N(CC(=O)Nc2cc(C)on2)C(C)=O)cc1. The maximum atomic E-state index is 12.1. The lowest BCUT2D eigenvalue weighted by Gasteiger charge is -2.20. The molecule has 1 N–H and O–H groups in total. The van der Waals surface area contributed by atoms with Gasteiger partial charge in [-0.1, -0.05) is 5.16 Å². The number of ether oxygens (including phenoxy) is 1. The molecule has 0 fully saturated rings. The molecule has 0 atom stereocenters. The lowest BCUT2D eigenvalue weighted by molar-refractivity contribution is -0.120. The number of nitrogens with zero attached hydrogens (tertiary/aromatic N) is 2. The van der Waals surface area contributed by atoms with Crippen LogP contribution in [0.5, 0.6) is 0 Å². The van der Waals surface area contributed by atoms with Crippen molar-refractivity contribution >= 4 is 29.3 Å². The number of benzene rings is 1. The molecule has 0 spiro atoms. The van der Waals surface area contributed by atoms with Crippen molar-refractivity contribution in [2.45, 2.75) is 20.8 Å². The molecule has 8 nitrogen and oxygen atoms in total. The van der Waals surface area contributed by atoms with Crippen molar-refractivity contribution < 1.29 is 23.6 Å². The Morgan fingerprint density at radius 1 is 1.24 bits per heavy atom. The summed E-state index contributed by atoms with van der Waals surface area (Å²) in [6, 6.07) is 7.83. The molecule has 8 heteroatoms. The first kappa shape index (κ1) is 18.2. The van der Waals surface area contributed by atoms with Crippen LogP contribution in [0.2, 0.25) is 0 Å². The molecule has 0 radical (unpaired) electrons. The van der Waals surface area contributed by atoms with E-state index in [0.717, 1.165) is 0 Å². The molecule has 0 aliphatic heterocycles. The highest BCUT2D eigenvalue weighted by molar-refractivity contribution is 6.01. The molecule has 0 unspecified atom stereocenters. The van der Waals surface area contributed by atoms with Gasteiger partial charge in [0.1, 0.15) is 12.3 Å². The average molecular weight is 345 g/mol. The van der Waals surface area contributed by atoms with Crippen LogP contribution in [0.25, 0.3) is 0 Å². The molecule has 25 heavy (non-hydrogen) atoms. The summed E-state index contributed by atoms with van der Waals surface area (Å²) >= 11 is 0. The number of aryl methyl sites for hydroxylation is 1. The number of hydrogen-bond donors (Lipinski definition) is 1. The molecule has 2 aromatic rings. The van der Waals surface area contributed by atoms with Crippen molar-refractivity contribution in [1.29, 1.82) is 0 Å². The maximum absolute atomic E-state index is 12.1. The van der Waals surface area contributed by atoms with Crippen LogP contribution < -0.4 is 10.2 Å². The number of amides is 2. The fourth-order valence-corrected chi connectivity index (χ4v) is 2.13. The van der Waals surface area contributed by atoms with Crippen LogP contribution in [0.15, 0.2) is 34.9 Å². The van der Waals surface area contributed by atoms with Crippen molar-refractivity contribution in [3.8, 4) is 0 Å². The molecular weight excluding hydrogens is 326 g/mol. The van der Waals surface area contributed by atoms with Gasteiger partial charge in [-0.2, -0.15) is 0 Å². The standard InChI is InChI=1S/C17H19N3O5/c1-4-24-17(23)13-5-7-14(8-6-13)20(12(3)21)10-16(22)18-15-9-11(2)25-19-15/h5-9H,4,10H2,1-3H3,(H,18,19,22). The topological polar surface area (TPSA) is 102 Å². The van der Waals surface area contributed by atoms with E-state index in [0.29, 0.717) is 17.0 Å². The number of anilines is 2. The molecule has 1 heterocycles. The first-order chi connectivity index (χ1) is 11.9. The molecule has 1 aromatic carbocycles. The fourth-order valence-electron chi connectivity index (χ4n) is 2.13. The first-order valence-electron chi connectivity index (χ1n) is 7.69. The molecule has 1 aromatic heterocycles. The molecule has 0 aliphatic carbocycles. The van der Waals surface area contributed by atoms with Gasteiger partial charge in [0.05, 0.1) is 12.2 Å². The quantitative estimate of drug-likeness (QED) is 0.805. The Morgan fingerprint density at radius 3 is 2.44 bits per heavy atom. The highest BCUT2D eigenvalue weighted by Gasteiger charge is 2.17. The average Bonchev–Trinajstić information content (AvgIpc) is 2.97. The Hall–Kier alpha value is -3.16. The van der Waals surface area contributed by atoms with Crippen LogP contribution in [-0.2, 0) is 14.3 Å². The van der Waals surface area contributed by atoms with E-state index in [1.54, 1.807) is 44.2 Å². The van der Waals surface area contributed by atoms with E-state index in [2.05, 4.69) is 10.5 Å². The summed E-state index contributed by atoms with van der Waals surface area (Å²) in [5.74, 6) is -0.326. The molecule has 2 rings (SSSR count). The van der Waals surface area contributed by atoms with E-state index in [1.807, 2.05) is 0 Å². The van der Waals surface area contributed by atoms with Gasteiger partial charge in [0.15, 0.2) is 5.82 Å². The summed E-state index contributed by atoms with van der Waals surface area (Å²) in [6.45, 7) is 4.86. The van der Waals surface area contributed by atoms with Crippen molar-refractivity contribution in [3.63, 3.8) is 0 Å². The van der Waals surface area contributed by atoms with Gasteiger partial charge in [-0.3, -0.25) is 9.59 Å². The van der Waals surface area contributed by atoms with Gasteiger partial charge in [0.25, 0.3) is 0 Å². The monoisotopic (exact) mass is 345 g/mol. The fraction of sp³-hybridized carbons (Fsp3) is 0.294. The minimum Gasteiger partial charge on any atom is -0.462 e. The molecule has 0 bridgehead atoms. The van der Waals surface area contributed by atoms with Crippen molar-refractivity contribution in [2.24, 2.45) is 0 Å². The zero-order chi connectivity index (χ0) is 18.4. The highest BCUT2D eigenvalue weighted by Crippen LogP contribution is 2.17. The third-order valence-corrected chi connectivity index (χ3v) is 3.27. The van der Waals surface area contributed by atoms with E-state index in [4.69, 9.17) is 9.26 Å². The van der Waals surface area contributed by atoms with Crippen molar-refractivity contribution in [1.82, 2.24) is 5.16 Å². The van der Waals surface area contributed by atoms with Gasteiger partial charge in [-0.05, 0) is 38.1 Å². The largest absolute Gasteiger partial charge is 0.462 e. The van der Waals surface area contributed by atoms with Gasteiger partial charge in [0.2, 0.25) is 11.8 Å². The third kappa shape index (κ3) is 4.90. The van der Waals surface area contributed by atoms with E-state index >= 15 is 0 Å². The van der Waals surface area contributed by atoms with E-state index < -0.39 is 11.9 Å². The molecule has 0 saturated heterocycles. The van der Waals surface area contributed by atoms with Crippen molar-refractivity contribution in [2.75, 3.05) is 23.4 Å². The highest BCUT2D eigenvalue weighted by atomic mass is 16.5. The van der Waals surface area contributed by atoms with E-state index in [1.165, 1.54) is 11.8 Å². The van der Waals surface area contributed by atoms with E-state index in [-0.39, 0.29) is 24.9 Å². The summed E-state index contributed by atoms with van der Waals surface area (Å²) in [5, 5.41) is 6.22. The Labute approximate surface area is 144 Å². The summed E-state index contributed by atoms with van der Waals surface area (Å²) < 4.78 is 9.78. The number of nitrogens with one attached hydrogen (secondary N) is 1. The Balaban J connectivity index is 2.08. The predicted molar refractivity (Wildman–Crippen MR) is 90.3 cm³/mol. The van der Waals surface area contributed by atoms with Gasteiger partial charge < -0.3 is 19.5 Å². The first-order valence-corrected chi connectivity index (χ1v) is 7.69. The minimum atomic E-state index is -0.442. The molecule has 0 aliphatic rings. The van der Waals surface area contributed by atoms with Crippen LogP contribution in [0.1, 0.15) is 30.0 Å². The Kier molecular flexibility index (Phi) is 5.89. The second-order valence-electron chi connectivity index (χ2n) is 5.24. The summed E-state index contributed by atoms with van der Waals surface area (Å²) in [5.41, 5.74) is 0.864. The van der Waals surface area contributed by atoms with Gasteiger partial charge in [-0.25, -0.2) is 4.79 Å². The number of carbonyl (C=O) groups excluding carboxylic acids is 3. The number of rotatable bonds is 6. The second-order valence-corrected chi connectivity index (χ2v) is 5.24. The second kappa shape index (κ2) is 8.09. The molecule has 0 saturated carbocycles. The smallest absolute Gasteiger partial charge is 0.338 e. The molecule has 132 valence electrons. The number of carbonyl (C=O) groups is 3. The summed E-state index contributed by atoms with van der Waals surface area (Å²) in [6.07, 6.45) is 0. The lowest BCUT2D eigenvalue weighted by Crippen LogP contribution is -2.36. The third-order valence-electron chi connectivity index (χ3n) is 3.27. The normalized spacial score (nSPS) is 10.2. The minimum absolute atomic E-state index is 0.194. The Bertz CT molecular complexity index is 767. The van der Waals surface area contributed by atoms with E-state index in [9.17, 15) is 14.4 Å². The molecular formula is C17H19N3O5. The predicted octanol–water partition coefficient (Wildman–Crippen LogP) is 2.15. The molecule has 2 amide bonds. The van der Waals surface area contributed by atoms with Crippen molar-refractivity contribution in [3.05, 3.63) is 41.7 Å². The van der Waals surface area contributed by atoms with Gasteiger partial charge in [0, 0.05) is 18.7 Å². The van der Waals surface area contributed by atoms with Gasteiger partial charge in [-0.15, -0.1) is 0 Å². The number of aromatic nitrogens is 1. The summed E-state index contributed by atoms with van der Waals surface area (Å²) in [7, 11) is 0. The lowest BCUT2D eigenvalue weighted by atomic mass is 10.2. The van der Waals surface area contributed by atoms with Crippen LogP contribution in [0, 0.1) is 6.92 Å². The summed E-state index contributed by atoms with van der Waals surface area (Å²) in [4.78, 5) is 36.9. The van der Waals surface area contributed by atoms with Crippen LogP contribution in [-0.4, -0.2) is 36.1 Å².